The number of aryl methyl sites for hydroxylation is 1. The van der Waals surface area contributed by atoms with E-state index in [4.69, 9.17) is 4.74 Å². The molecule has 1 amide bonds. The number of hydrogen-bond acceptors (Lipinski definition) is 5. The van der Waals surface area contributed by atoms with E-state index in [9.17, 15) is 14.4 Å². The van der Waals surface area contributed by atoms with Gasteiger partial charge in [0, 0.05) is 43.3 Å². The van der Waals surface area contributed by atoms with E-state index in [1.807, 2.05) is 31.2 Å². The number of carbonyl (C=O) groups excluding carboxylic acids is 1. The molecule has 3 heterocycles. The third kappa shape index (κ3) is 3.79. The fourth-order valence-corrected chi connectivity index (χ4v) is 3.50. The molecular weight excluding hydrogens is 372 g/mol. The normalized spacial score (nSPS) is 14.2. The van der Waals surface area contributed by atoms with Crippen molar-refractivity contribution in [3.05, 3.63) is 68.7 Å². The standard InChI is InChI=1S/C21H22N4O4/c1-2-24-13-16(20(27)19-17(24)7-8-18(26)23-19)21(28)22-14-3-5-15(6-4-14)25-9-11-29-12-10-25/h3-8,13H,2,9-12H2,1H3,(H,22,28)(H,23,26). The lowest BCUT2D eigenvalue weighted by atomic mass is 10.2. The molecule has 1 aliphatic heterocycles. The van der Waals surface area contributed by atoms with Crippen LogP contribution >= 0.6 is 0 Å². The summed E-state index contributed by atoms with van der Waals surface area (Å²) in [4.78, 5) is 42.0. The van der Waals surface area contributed by atoms with Crippen molar-refractivity contribution in [1.29, 1.82) is 0 Å². The van der Waals surface area contributed by atoms with Gasteiger partial charge >= 0.3 is 0 Å². The Morgan fingerprint density at radius 3 is 2.52 bits per heavy atom. The topological polar surface area (TPSA) is 96.4 Å². The van der Waals surface area contributed by atoms with Gasteiger partial charge in [0.05, 0.1) is 18.7 Å². The van der Waals surface area contributed by atoms with Gasteiger partial charge in [-0.1, -0.05) is 0 Å². The van der Waals surface area contributed by atoms with Crippen LogP contribution in [0, 0.1) is 0 Å². The molecule has 8 nitrogen and oxygen atoms in total. The van der Waals surface area contributed by atoms with Gasteiger partial charge in [-0.15, -0.1) is 0 Å². The molecule has 2 aromatic heterocycles. The van der Waals surface area contributed by atoms with Crippen LogP contribution in [0.2, 0.25) is 0 Å². The molecule has 150 valence electrons. The first-order valence-corrected chi connectivity index (χ1v) is 9.57. The number of fused-ring (bicyclic) bond motifs is 1. The van der Waals surface area contributed by atoms with Crippen LogP contribution in [0.25, 0.3) is 11.0 Å². The van der Waals surface area contributed by atoms with Crippen molar-refractivity contribution in [2.45, 2.75) is 13.5 Å². The molecule has 1 aliphatic rings. The molecule has 4 rings (SSSR count). The molecule has 8 heteroatoms. The third-order valence-corrected chi connectivity index (χ3v) is 5.05. The molecule has 0 spiro atoms. The van der Waals surface area contributed by atoms with Gasteiger partial charge < -0.3 is 24.5 Å². The Morgan fingerprint density at radius 2 is 1.83 bits per heavy atom. The molecular formula is C21H22N4O4. The quantitative estimate of drug-likeness (QED) is 0.703. The van der Waals surface area contributed by atoms with E-state index in [2.05, 4.69) is 15.2 Å². The number of rotatable bonds is 4. The summed E-state index contributed by atoms with van der Waals surface area (Å²) in [5.74, 6) is -0.511. The van der Waals surface area contributed by atoms with Crippen LogP contribution < -0.4 is 21.2 Å². The number of aromatic amines is 1. The lowest BCUT2D eigenvalue weighted by molar-refractivity contribution is 0.102. The predicted octanol–water partition coefficient (Wildman–Crippen LogP) is 1.80. The van der Waals surface area contributed by atoms with Crippen molar-refractivity contribution in [3.8, 4) is 0 Å². The monoisotopic (exact) mass is 394 g/mol. The number of nitrogens with one attached hydrogen (secondary N) is 2. The third-order valence-electron chi connectivity index (χ3n) is 5.05. The highest BCUT2D eigenvalue weighted by atomic mass is 16.5. The highest BCUT2D eigenvalue weighted by Crippen LogP contribution is 2.19. The SMILES string of the molecule is CCn1cc(C(=O)Nc2ccc(N3CCOCC3)cc2)c(=O)c2[nH]c(=O)ccc21. The number of H-pyrrole nitrogens is 1. The molecule has 1 aromatic carbocycles. The van der Waals surface area contributed by atoms with Crippen LogP contribution in [0.5, 0.6) is 0 Å². The van der Waals surface area contributed by atoms with Crippen LogP contribution in [0.15, 0.2) is 52.2 Å². The average molecular weight is 394 g/mol. The molecule has 0 aliphatic carbocycles. The number of aromatic nitrogens is 2. The van der Waals surface area contributed by atoms with E-state index in [1.54, 1.807) is 10.6 Å². The van der Waals surface area contributed by atoms with Gasteiger partial charge in [0.2, 0.25) is 11.0 Å². The van der Waals surface area contributed by atoms with Crippen molar-refractivity contribution < 1.29 is 9.53 Å². The zero-order valence-electron chi connectivity index (χ0n) is 16.1. The van der Waals surface area contributed by atoms with E-state index in [0.717, 1.165) is 18.8 Å². The second-order valence-corrected chi connectivity index (χ2v) is 6.84. The summed E-state index contributed by atoms with van der Waals surface area (Å²) < 4.78 is 7.13. The Bertz CT molecular complexity index is 1160. The fourth-order valence-electron chi connectivity index (χ4n) is 3.50. The zero-order chi connectivity index (χ0) is 20.4. The van der Waals surface area contributed by atoms with E-state index in [-0.39, 0.29) is 16.6 Å². The summed E-state index contributed by atoms with van der Waals surface area (Å²) in [6.07, 6.45) is 1.53. The highest BCUT2D eigenvalue weighted by molar-refractivity contribution is 6.05. The molecule has 1 fully saturated rings. The van der Waals surface area contributed by atoms with Gasteiger partial charge in [-0.05, 0) is 37.3 Å². The number of amides is 1. The number of pyridine rings is 2. The Morgan fingerprint density at radius 1 is 1.10 bits per heavy atom. The molecule has 2 N–H and O–H groups in total. The van der Waals surface area contributed by atoms with E-state index in [1.165, 1.54) is 12.3 Å². The van der Waals surface area contributed by atoms with Crippen molar-refractivity contribution >= 4 is 28.3 Å². The first-order valence-electron chi connectivity index (χ1n) is 9.57. The molecule has 0 atom stereocenters. The highest BCUT2D eigenvalue weighted by Gasteiger charge is 2.17. The summed E-state index contributed by atoms with van der Waals surface area (Å²) >= 11 is 0. The Labute approximate surface area is 166 Å². The second-order valence-electron chi connectivity index (χ2n) is 6.84. The zero-order valence-corrected chi connectivity index (χ0v) is 16.1. The Balaban J connectivity index is 1.61. The largest absolute Gasteiger partial charge is 0.378 e. The maximum Gasteiger partial charge on any atom is 0.261 e. The smallest absolute Gasteiger partial charge is 0.261 e. The molecule has 29 heavy (non-hydrogen) atoms. The summed E-state index contributed by atoms with van der Waals surface area (Å²) in [5, 5.41) is 2.77. The minimum Gasteiger partial charge on any atom is -0.378 e. The van der Waals surface area contributed by atoms with Crippen LogP contribution in [0.3, 0.4) is 0 Å². The number of ether oxygens (including phenoxy) is 1. The lowest BCUT2D eigenvalue weighted by Crippen LogP contribution is -2.36. The van der Waals surface area contributed by atoms with Gasteiger partial charge in [0.1, 0.15) is 11.1 Å². The number of nitrogens with zero attached hydrogens (tertiary/aromatic N) is 2. The summed E-state index contributed by atoms with van der Waals surface area (Å²) in [6, 6.07) is 10.4. The van der Waals surface area contributed by atoms with Crippen molar-refractivity contribution in [2.75, 3.05) is 36.5 Å². The van der Waals surface area contributed by atoms with E-state index in [0.29, 0.717) is 31.0 Å². The molecule has 3 aromatic rings. The first kappa shape index (κ1) is 18.9. The first-order chi connectivity index (χ1) is 14.1. The van der Waals surface area contributed by atoms with Gasteiger partial charge in [0.15, 0.2) is 0 Å². The van der Waals surface area contributed by atoms with Crippen LogP contribution in [-0.2, 0) is 11.3 Å². The number of carbonyl (C=O) groups is 1. The summed E-state index contributed by atoms with van der Waals surface area (Å²) in [5.41, 5.74) is 1.48. The second kappa shape index (κ2) is 7.92. The molecule has 0 saturated carbocycles. The molecule has 0 radical (unpaired) electrons. The Kier molecular flexibility index (Phi) is 5.18. The molecule has 0 unspecified atom stereocenters. The number of morpholine rings is 1. The maximum atomic E-state index is 12.8. The predicted molar refractivity (Wildman–Crippen MR) is 112 cm³/mol. The van der Waals surface area contributed by atoms with Crippen molar-refractivity contribution in [1.82, 2.24) is 9.55 Å². The van der Waals surface area contributed by atoms with E-state index < -0.39 is 11.3 Å². The van der Waals surface area contributed by atoms with Gasteiger partial charge in [0.25, 0.3) is 5.91 Å². The molecule has 1 saturated heterocycles. The van der Waals surface area contributed by atoms with Crippen LogP contribution in [0.4, 0.5) is 11.4 Å². The van der Waals surface area contributed by atoms with Gasteiger partial charge in [-0.25, -0.2) is 0 Å². The van der Waals surface area contributed by atoms with Crippen LogP contribution in [0.1, 0.15) is 17.3 Å². The lowest BCUT2D eigenvalue weighted by Gasteiger charge is -2.28. The maximum absolute atomic E-state index is 12.8. The Hall–Kier alpha value is -3.39. The van der Waals surface area contributed by atoms with Gasteiger partial charge in [-0.3, -0.25) is 14.4 Å². The number of hydrogen-bond donors (Lipinski definition) is 2. The van der Waals surface area contributed by atoms with Gasteiger partial charge in [-0.2, -0.15) is 0 Å². The minimum absolute atomic E-state index is 0.0153. The van der Waals surface area contributed by atoms with Crippen LogP contribution in [-0.4, -0.2) is 41.8 Å². The summed E-state index contributed by atoms with van der Waals surface area (Å²) in [7, 11) is 0. The number of anilines is 2. The average Bonchev–Trinajstić information content (AvgIpc) is 2.75. The van der Waals surface area contributed by atoms with E-state index >= 15 is 0 Å². The van der Waals surface area contributed by atoms with Crippen molar-refractivity contribution in [2.24, 2.45) is 0 Å². The minimum atomic E-state index is -0.511. The number of benzene rings is 1. The summed E-state index contributed by atoms with van der Waals surface area (Å²) in [6.45, 7) is 5.52. The van der Waals surface area contributed by atoms with Crippen molar-refractivity contribution in [3.63, 3.8) is 0 Å². The fraction of sp³-hybridized carbons (Fsp3) is 0.286. The molecule has 0 bridgehead atoms.